The predicted octanol–water partition coefficient (Wildman–Crippen LogP) is 3.44. The van der Waals surface area contributed by atoms with Gasteiger partial charge in [0.15, 0.2) is 5.76 Å². The van der Waals surface area contributed by atoms with Crippen LogP contribution >= 0.6 is 15.9 Å². The molecule has 0 saturated heterocycles. The molecule has 0 fully saturated rings. The molecule has 1 aromatic heterocycles. The van der Waals surface area contributed by atoms with Gasteiger partial charge in [-0.25, -0.2) is 0 Å². The Morgan fingerprint density at radius 2 is 1.95 bits per heavy atom. The fourth-order valence-corrected chi connectivity index (χ4v) is 2.34. The number of furan rings is 1. The Hall–Kier alpha value is -2.08. The second-order valence-electron chi connectivity index (χ2n) is 5.17. The molecule has 2 rings (SSSR count). The lowest BCUT2D eigenvalue weighted by molar-refractivity contribution is -0.118. The number of anilines is 1. The van der Waals surface area contributed by atoms with Gasteiger partial charge in [-0.2, -0.15) is 0 Å². The van der Waals surface area contributed by atoms with Crippen LogP contribution < -0.4 is 10.6 Å². The Morgan fingerprint density at radius 1 is 1.18 bits per heavy atom. The molecule has 1 heterocycles. The maximum absolute atomic E-state index is 12.4. The number of carbonyl (C=O) groups excluding carboxylic acids is 2. The van der Waals surface area contributed by atoms with E-state index in [0.717, 1.165) is 4.47 Å². The molecule has 0 unspecified atom stereocenters. The summed E-state index contributed by atoms with van der Waals surface area (Å²) in [4.78, 5) is 24.4. The number of hydrogen-bond acceptors (Lipinski definition) is 3. The molecule has 0 aliphatic rings. The Bertz CT molecular complexity index is 653. The molecular formula is C16H17BrN2O3. The van der Waals surface area contributed by atoms with Gasteiger partial charge in [0.1, 0.15) is 6.04 Å². The molecule has 2 amide bonds. The first-order chi connectivity index (χ1) is 10.5. The van der Waals surface area contributed by atoms with Crippen LogP contribution in [0.25, 0.3) is 0 Å². The molecule has 0 aliphatic heterocycles. The highest BCUT2D eigenvalue weighted by molar-refractivity contribution is 9.10. The first kappa shape index (κ1) is 16.3. The van der Waals surface area contributed by atoms with Gasteiger partial charge in [-0.1, -0.05) is 35.8 Å². The van der Waals surface area contributed by atoms with Gasteiger partial charge in [-0.15, -0.1) is 0 Å². The van der Waals surface area contributed by atoms with Gasteiger partial charge >= 0.3 is 0 Å². The van der Waals surface area contributed by atoms with Crippen molar-refractivity contribution in [1.82, 2.24) is 5.32 Å². The van der Waals surface area contributed by atoms with Gasteiger partial charge in [0.05, 0.1) is 6.26 Å². The number of halogens is 1. The van der Waals surface area contributed by atoms with Gasteiger partial charge < -0.3 is 15.1 Å². The van der Waals surface area contributed by atoms with Gasteiger partial charge in [-0.05, 0) is 36.2 Å². The molecule has 0 spiro atoms. The highest BCUT2D eigenvalue weighted by atomic mass is 79.9. The van der Waals surface area contributed by atoms with Crippen molar-refractivity contribution in [2.45, 2.75) is 19.9 Å². The lowest BCUT2D eigenvalue weighted by atomic mass is 10.0. The highest BCUT2D eigenvalue weighted by Gasteiger charge is 2.25. The van der Waals surface area contributed by atoms with E-state index in [1.165, 1.54) is 6.26 Å². The third-order valence-electron chi connectivity index (χ3n) is 3.07. The summed E-state index contributed by atoms with van der Waals surface area (Å²) in [7, 11) is 0. The second-order valence-corrected chi connectivity index (χ2v) is 6.09. The van der Waals surface area contributed by atoms with E-state index in [2.05, 4.69) is 26.6 Å². The maximum atomic E-state index is 12.4. The quantitative estimate of drug-likeness (QED) is 0.853. The molecule has 5 nitrogen and oxygen atoms in total. The summed E-state index contributed by atoms with van der Waals surface area (Å²) in [6, 6.07) is 9.80. The summed E-state index contributed by atoms with van der Waals surface area (Å²) in [5.41, 5.74) is 0.664. The SMILES string of the molecule is CC(C)[C@H](NC(=O)c1ccco1)C(=O)Nc1cccc(Br)c1. The largest absolute Gasteiger partial charge is 0.459 e. The van der Waals surface area contributed by atoms with E-state index in [0.29, 0.717) is 5.69 Å². The predicted molar refractivity (Wildman–Crippen MR) is 87.6 cm³/mol. The van der Waals surface area contributed by atoms with Crippen molar-refractivity contribution in [2.24, 2.45) is 5.92 Å². The van der Waals surface area contributed by atoms with Crippen LogP contribution in [0, 0.1) is 5.92 Å². The first-order valence-electron chi connectivity index (χ1n) is 6.88. The molecule has 22 heavy (non-hydrogen) atoms. The topological polar surface area (TPSA) is 71.3 Å². The van der Waals surface area contributed by atoms with Crippen LogP contribution in [0.5, 0.6) is 0 Å². The molecular weight excluding hydrogens is 348 g/mol. The monoisotopic (exact) mass is 364 g/mol. The van der Waals surface area contributed by atoms with Crippen molar-refractivity contribution in [3.63, 3.8) is 0 Å². The summed E-state index contributed by atoms with van der Waals surface area (Å²) in [6.45, 7) is 3.74. The van der Waals surface area contributed by atoms with Crippen LogP contribution in [-0.2, 0) is 4.79 Å². The number of carbonyl (C=O) groups is 2. The second kappa shape index (κ2) is 7.26. The molecule has 0 aliphatic carbocycles. The lowest BCUT2D eigenvalue weighted by Crippen LogP contribution is -2.47. The summed E-state index contributed by atoms with van der Waals surface area (Å²) in [5.74, 6) is -0.562. The number of benzene rings is 1. The molecule has 2 aromatic rings. The van der Waals surface area contributed by atoms with Crippen molar-refractivity contribution in [3.8, 4) is 0 Å². The van der Waals surface area contributed by atoms with Crippen molar-refractivity contribution >= 4 is 33.4 Å². The van der Waals surface area contributed by atoms with Crippen LogP contribution in [0.15, 0.2) is 51.6 Å². The average Bonchev–Trinajstić information content (AvgIpc) is 2.98. The zero-order chi connectivity index (χ0) is 16.1. The van der Waals surface area contributed by atoms with Crippen LogP contribution in [0.3, 0.4) is 0 Å². The van der Waals surface area contributed by atoms with E-state index in [9.17, 15) is 9.59 Å². The molecule has 1 atom stereocenters. The van der Waals surface area contributed by atoms with Crippen LogP contribution in [0.1, 0.15) is 24.4 Å². The van der Waals surface area contributed by atoms with E-state index in [1.54, 1.807) is 24.3 Å². The number of nitrogens with one attached hydrogen (secondary N) is 2. The zero-order valence-corrected chi connectivity index (χ0v) is 13.9. The van der Waals surface area contributed by atoms with Crippen molar-refractivity contribution in [2.75, 3.05) is 5.32 Å². The minimum atomic E-state index is -0.656. The summed E-state index contributed by atoms with van der Waals surface area (Å²) < 4.78 is 5.91. The van der Waals surface area contributed by atoms with E-state index in [-0.39, 0.29) is 17.6 Å². The lowest BCUT2D eigenvalue weighted by Gasteiger charge is -2.21. The molecule has 116 valence electrons. The highest BCUT2D eigenvalue weighted by Crippen LogP contribution is 2.16. The van der Waals surface area contributed by atoms with Crippen LogP contribution in [0.4, 0.5) is 5.69 Å². The van der Waals surface area contributed by atoms with Gasteiger partial charge in [0.25, 0.3) is 5.91 Å². The molecule has 0 radical (unpaired) electrons. The first-order valence-corrected chi connectivity index (χ1v) is 7.67. The third kappa shape index (κ3) is 4.21. The normalized spacial score (nSPS) is 12.0. The Kier molecular flexibility index (Phi) is 5.38. The zero-order valence-electron chi connectivity index (χ0n) is 12.3. The van der Waals surface area contributed by atoms with E-state index < -0.39 is 11.9 Å². The average molecular weight is 365 g/mol. The molecule has 6 heteroatoms. The molecule has 2 N–H and O–H groups in total. The Balaban J connectivity index is 2.07. The summed E-state index contributed by atoms with van der Waals surface area (Å²) >= 11 is 3.35. The van der Waals surface area contributed by atoms with Crippen molar-refractivity contribution < 1.29 is 14.0 Å². The molecule has 0 bridgehead atoms. The number of hydrogen-bond donors (Lipinski definition) is 2. The van der Waals surface area contributed by atoms with Gasteiger partial charge in [-0.3, -0.25) is 9.59 Å². The van der Waals surface area contributed by atoms with E-state index >= 15 is 0 Å². The van der Waals surface area contributed by atoms with Gasteiger partial charge in [0.2, 0.25) is 5.91 Å². The Morgan fingerprint density at radius 3 is 2.55 bits per heavy atom. The van der Waals surface area contributed by atoms with Crippen molar-refractivity contribution in [3.05, 3.63) is 52.9 Å². The van der Waals surface area contributed by atoms with Crippen LogP contribution in [0.2, 0.25) is 0 Å². The summed E-state index contributed by atoms with van der Waals surface area (Å²) in [5, 5.41) is 5.50. The smallest absolute Gasteiger partial charge is 0.287 e. The molecule has 0 saturated carbocycles. The maximum Gasteiger partial charge on any atom is 0.287 e. The standard InChI is InChI=1S/C16H17BrN2O3/c1-10(2)14(19-15(20)13-7-4-8-22-13)16(21)18-12-6-3-5-11(17)9-12/h3-10,14H,1-2H3,(H,18,21)(H,19,20)/t14-/m0/s1. The van der Waals surface area contributed by atoms with Crippen LogP contribution in [-0.4, -0.2) is 17.9 Å². The number of rotatable bonds is 5. The summed E-state index contributed by atoms with van der Waals surface area (Å²) in [6.07, 6.45) is 1.42. The Labute approximate surface area is 137 Å². The fourth-order valence-electron chi connectivity index (χ4n) is 1.94. The third-order valence-corrected chi connectivity index (χ3v) is 3.57. The van der Waals surface area contributed by atoms with Crippen molar-refractivity contribution in [1.29, 1.82) is 0 Å². The minimum absolute atomic E-state index is 0.0638. The fraction of sp³-hybridized carbons (Fsp3) is 0.250. The van der Waals surface area contributed by atoms with Gasteiger partial charge in [0, 0.05) is 10.2 Å². The van der Waals surface area contributed by atoms with E-state index in [4.69, 9.17) is 4.42 Å². The molecule has 1 aromatic carbocycles. The minimum Gasteiger partial charge on any atom is -0.459 e. The number of amides is 2. The van der Waals surface area contributed by atoms with E-state index in [1.807, 2.05) is 26.0 Å².